The molecule has 0 fully saturated rings. The van der Waals surface area contributed by atoms with Crippen LogP contribution in [0.15, 0.2) is 11.4 Å². The van der Waals surface area contributed by atoms with Crippen molar-refractivity contribution < 1.29 is 14.3 Å². The first-order valence-corrected chi connectivity index (χ1v) is 7.61. The Labute approximate surface area is 132 Å². The number of rotatable bonds is 6. The summed E-state index contributed by atoms with van der Waals surface area (Å²) in [6.07, 6.45) is 2.46. The number of ether oxygens (including phenoxy) is 2. The fourth-order valence-electron chi connectivity index (χ4n) is 1.98. The first-order valence-electron chi connectivity index (χ1n) is 6.73. The number of carbonyl (C=O) groups is 1. The van der Waals surface area contributed by atoms with Crippen molar-refractivity contribution >= 4 is 17.7 Å². The first kappa shape index (κ1) is 16.3. The number of esters is 1. The van der Waals surface area contributed by atoms with Gasteiger partial charge in [0, 0.05) is 20.3 Å². The third-order valence-electron chi connectivity index (χ3n) is 3.15. The van der Waals surface area contributed by atoms with Crippen molar-refractivity contribution in [2.24, 2.45) is 14.1 Å². The van der Waals surface area contributed by atoms with Crippen LogP contribution in [0.5, 0.6) is 5.88 Å². The van der Waals surface area contributed by atoms with Crippen LogP contribution >= 0.6 is 11.8 Å². The van der Waals surface area contributed by atoms with E-state index in [-0.39, 0.29) is 11.2 Å². The van der Waals surface area contributed by atoms with Gasteiger partial charge in [0.1, 0.15) is 10.8 Å². The van der Waals surface area contributed by atoms with Crippen LogP contribution in [-0.2, 0) is 23.6 Å². The summed E-state index contributed by atoms with van der Waals surface area (Å²) >= 11 is 1.33. The average molecular weight is 325 g/mol. The molecular weight excluding hydrogens is 306 g/mol. The third-order valence-corrected chi connectivity index (χ3v) is 4.52. The average Bonchev–Trinajstić information content (AvgIpc) is 3.06. The summed E-state index contributed by atoms with van der Waals surface area (Å²) in [4.78, 5) is 11.7. The third kappa shape index (κ3) is 3.08. The van der Waals surface area contributed by atoms with Crippen molar-refractivity contribution in [1.82, 2.24) is 24.5 Å². The summed E-state index contributed by atoms with van der Waals surface area (Å²) in [5.41, 5.74) is 0.748. The molecule has 2 heterocycles. The number of thioether (sulfide) groups is 1. The van der Waals surface area contributed by atoms with Gasteiger partial charge in [-0.25, -0.2) is 0 Å². The van der Waals surface area contributed by atoms with Crippen LogP contribution in [0.25, 0.3) is 11.4 Å². The van der Waals surface area contributed by atoms with Crippen molar-refractivity contribution in [3.05, 3.63) is 6.20 Å². The van der Waals surface area contributed by atoms with E-state index < -0.39 is 0 Å². The lowest BCUT2D eigenvalue weighted by Crippen LogP contribution is -2.18. The Morgan fingerprint density at radius 3 is 2.68 bits per heavy atom. The molecule has 2 aromatic heterocycles. The topological polar surface area (TPSA) is 84.1 Å². The van der Waals surface area contributed by atoms with Crippen LogP contribution in [0.3, 0.4) is 0 Å². The Hall–Kier alpha value is -2.03. The van der Waals surface area contributed by atoms with Gasteiger partial charge < -0.3 is 14.0 Å². The van der Waals surface area contributed by atoms with Gasteiger partial charge in [0.15, 0.2) is 11.0 Å². The molecule has 2 aromatic rings. The summed E-state index contributed by atoms with van der Waals surface area (Å²) in [6, 6.07) is 0. The SMILES string of the molecule is CCC(Sc1nnc(-c2cn(C)nc2OC)n1C)C(=O)OC. The van der Waals surface area contributed by atoms with Crippen molar-refractivity contribution in [3.63, 3.8) is 0 Å². The molecule has 0 aliphatic rings. The monoisotopic (exact) mass is 325 g/mol. The van der Waals surface area contributed by atoms with Gasteiger partial charge in [-0.1, -0.05) is 18.7 Å². The molecule has 0 saturated heterocycles. The van der Waals surface area contributed by atoms with Crippen LogP contribution in [0.4, 0.5) is 0 Å². The minimum atomic E-state index is -0.309. The number of aryl methyl sites for hydroxylation is 1. The Kier molecular flexibility index (Phi) is 5.07. The normalized spacial score (nSPS) is 12.2. The van der Waals surface area contributed by atoms with Crippen LogP contribution in [0, 0.1) is 0 Å². The zero-order valence-corrected chi connectivity index (χ0v) is 14.0. The number of hydrogen-bond donors (Lipinski definition) is 0. The van der Waals surface area contributed by atoms with E-state index in [0.29, 0.717) is 23.3 Å². The molecule has 9 heteroatoms. The molecule has 0 aliphatic carbocycles. The van der Waals surface area contributed by atoms with Crippen LogP contribution in [0.2, 0.25) is 0 Å². The van der Waals surface area contributed by atoms with E-state index in [2.05, 4.69) is 15.3 Å². The Morgan fingerprint density at radius 2 is 2.09 bits per heavy atom. The predicted molar refractivity (Wildman–Crippen MR) is 81.7 cm³/mol. The lowest BCUT2D eigenvalue weighted by Gasteiger charge is -2.11. The van der Waals surface area contributed by atoms with E-state index in [0.717, 1.165) is 5.56 Å². The first-order chi connectivity index (χ1) is 10.5. The molecule has 0 spiro atoms. The summed E-state index contributed by atoms with van der Waals surface area (Å²) < 4.78 is 13.5. The van der Waals surface area contributed by atoms with E-state index in [1.165, 1.54) is 18.9 Å². The molecule has 8 nitrogen and oxygen atoms in total. The second-order valence-corrected chi connectivity index (χ2v) is 5.80. The molecule has 0 bridgehead atoms. The highest BCUT2D eigenvalue weighted by Crippen LogP contribution is 2.31. The molecule has 22 heavy (non-hydrogen) atoms. The summed E-state index contributed by atoms with van der Waals surface area (Å²) in [6.45, 7) is 1.93. The molecule has 0 amide bonds. The van der Waals surface area contributed by atoms with Gasteiger partial charge in [-0.15, -0.1) is 15.3 Å². The maximum atomic E-state index is 11.7. The quantitative estimate of drug-likeness (QED) is 0.584. The summed E-state index contributed by atoms with van der Waals surface area (Å²) in [7, 11) is 6.59. The Morgan fingerprint density at radius 1 is 1.36 bits per heavy atom. The second-order valence-electron chi connectivity index (χ2n) is 4.63. The molecule has 2 rings (SSSR count). The van der Waals surface area contributed by atoms with Gasteiger partial charge in [-0.3, -0.25) is 9.48 Å². The standard InChI is InChI=1S/C13H19N5O3S/c1-6-9(12(19)21-5)22-13-15-14-10(18(13)3)8-7-17(2)16-11(8)20-4/h7,9H,6H2,1-5H3. The largest absolute Gasteiger partial charge is 0.479 e. The number of nitrogens with zero attached hydrogens (tertiary/aromatic N) is 5. The molecule has 120 valence electrons. The number of carbonyl (C=O) groups excluding carboxylic acids is 1. The lowest BCUT2D eigenvalue weighted by molar-refractivity contribution is -0.140. The van der Waals surface area contributed by atoms with E-state index in [1.807, 2.05) is 31.8 Å². The predicted octanol–water partition coefficient (Wildman–Crippen LogP) is 1.27. The molecule has 0 aromatic carbocycles. The number of methoxy groups -OCH3 is 2. The van der Waals surface area contributed by atoms with Gasteiger partial charge >= 0.3 is 5.97 Å². The van der Waals surface area contributed by atoms with Crippen LogP contribution < -0.4 is 4.74 Å². The fraction of sp³-hybridized carbons (Fsp3) is 0.538. The molecule has 0 radical (unpaired) electrons. The van der Waals surface area contributed by atoms with Crippen LogP contribution in [0.1, 0.15) is 13.3 Å². The Bertz CT molecular complexity index is 667. The zero-order chi connectivity index (χ0) is 16.3. The number of aromatic nitrogens is 5. The maximum absolute atomic E-state index is 11.7. The van der Waals surface area contributed by atoms with Gasteiger partial charge in [-0.05, 0) is 6.42 Å². The van der Waals surface area contributed by atoms with E-state index in [4.69, 9.17) is 9.47 Å². The highest BCUT2D eigenvalue weighted by Gasteiger charge is 2.24. The molecule has 1 atom stereocenters. The molecule has 0 aliphatic heterocycles. The highest BCUT2D eigenvalue weighted by molar-refractivity contribution is 8.00. The molecule has 0 N–H and O–H groups in total. The van der Waals surface area contributed by atoms with E-state index in [1.54, 1.807) is 11.8 Å². The zero-order valence-electron chi connectivity index (χ0n) is 13.2. The van der Waals surface area contributed by atoms with E-state index in [9.17, 15) is 4.79 Å². The summed E-state index contributed by atoms with van der Waals surface area (Å²) in [5.74, 6) is 0.845. The van der Waals surface area contributed by atoms with Crippen molar-refractivity contribution in [2.75, 3.05) is 14.2 Å². The van der Waals surface area contributed by atoms with Gasteiger partial charge in [0.05, 0.1) is 14.2 Å². The van der Waals surface area contributed by atoms with E-state index >= 15 is 0 Å². The second kappa shape index (κ2) is 6.82. The number of hydrogen-bond acceptors (Lipinski definition) is 7. The van der Waals surface area contributed by atoms with Gasteiger partial charge in [-0.2, -0.15) is 0 Å². The van der Waals surface area contributed by atoms with Gasteiger partial charge in [0.2, 0.25) is 5.88 Å². The molecule has 1 unspecified atom stereocenters. The maximum Gasteiger partial charge on any atom is 0.319 e. The van der Waals surface area contributed by atoms with Crippen LogP contribution in [-0.4, -0.2) is 50.0 Å². The van der Waals surface area contributed by atoms with Gasteiger partial charge in [0.25, 0.3) is 0 Å². The molecule has 0 saturated carbocycles. The van der Waals surface area contributed by atoms with Crippen molar-refractivity contribution in [3.8, 4) is 17.3 Å². The minimum absolute atomic E-state index is 0.268. The Balaban J connectivity index is 2.31. The minimum Gasteiger partial charge on any atom is -0.479 e. The highest BCUT2D eigenvalue weighted by atomic mass is 32.2. The molecular formula is C13H19N5O3S. The fourth-order valence-corrected chi connectivity index (χ4v) is 2.93. The summed E-state index contributed by atoms with van der Waals surface area (Å²) in [5, 5.41) is 12.9. The van der Waals surface area contributed by atoms with Crippen molar-refractivity contribution in [2.45, 2.75) is 23.8 Å². The smallest absolute Gasteiger partial charge is 0.319 e. The van der Waals surface area contributed by atoms with Crippen molar-refractivity contribution in [1.29, 1.82) is 0 Å². The lowest BCUT2D eigenvalue weighted by atomic mass is 10.3.